The molecule has 0 bridgehead atoms. The van der Waals surface area contributed by atoms with E-state index >= 15 is 0 Å². The van der Waals surface area contributed by atoms with Crippen LogP contribution in [0.1, 0.15) is 5.69 Å². The maximum absolute atomic E-state index is 12.1. The van der Waals surface area contributed by atoms with Crippen LogP contribution < -0.4 is 10.9 Å². The van der Waals surface area contributed by atoms with Gasteiger partial charge in [0.15, 0.2) is 5.13 Å². The topological polar surface area (TPSA) is 76.9 Å². The van der Waals surface area contributed by atoms with Gasteiger partial charge in [-0.1, -0.05) is 28.1 Å². The summed E-state index contributed by atoms with van der Waals surface area (Å²) in [6.45, 7) is 1.68. The molecule has 1 N–H and O–H groups in total. The molecule has 0 radical (unpaired) electrons. The Morgan fingerprint density at radius 1 is 1.33 bits per heavy atom. The monoisotopic (exact) mass is 404 g/mol. The summed E-state index contributed by atoms with van der Waals surface area (Å²) >= 11 is 4.74. The number of hydrogen-bond donors (Lipinski definition) is 1. The lowest BCUT2D eigenvalue weighted by Gasteiger charge is -2.07. The van der Waals surface area contributed by atoms with Gasteiger partial charge in [0.1, 0.15) is 6.54 Å². The van der Waals surface area contributed by atoms with E-state index in [1.54, 1.807) is 6.07 Å². The summed E-state index contributed by atoms with van der Waals surface area (Å²) in [4.78, 5) is 28.2. The van der Waals surface area contributed by atoms with Crippen LogP contribution in [0, 0.1) is 6.92 Å². The number of nitrogens with zero attached hydrogens (tertiary/aromatic N) is 3. The summed E-state index contributed by atoms with van der Waals surface area (Å²) in [5.74, 6) is -0.342. The number of amides is 1. The molecule has 0 saturated carbocycles. The van der Waals surface area contributed by atoms with Crippen LogP contribution in [-0.4, -0.2) is 20.7 Å². The molecule has 0 fully saturated rings. The molecule has 0 atom stereocenters. The summed E-state index contributed by atoms with van der Waals surface area (Å²) in [7, 11) is 0. The third-order valence-electron chi connectivity index (χ3n) is 3.15. The molecule has 2 heterocycles. The predicted octanol–water partition coefficient (Wildman–Crippen LogP) is 3.08. The molecule has 122 valence electrons. The highest BCUT2D eigenvalue weighted by Gasteiger charge is 2.10. The fraction of sp³-hybridized carbons (Fsp3) is 0.125. The quantitative estimate of drug-likeness (QED) is 0.724. The number of carbonyl (C=O) groups is 1. The van der Waals surface area contributed by atoms with E-state index in [4.69, 9.17) is 0 Å². The SMILES string of the molecule is Cc1csc(NC(=O)Cn2nc(-c3cccc(Br)c3)ccc2=O)n1. The number of thiazole rings is 1. The fourth-order valence-electron chi connectivity index (χ4n) is 2.07. The molecule has 0 aliphatic carbocycles. The Morgan fingerprint density at radius 2 is 2.17 bits per heavy atom. The first kappa shape index (κ1) is 16.5. The lowest BCUT2D eigenvalue weighted by Crippen LogP contribution is -2.29. The zero-order chi connectivity index (χ0) is 17.1. The summed E-state index contributed by atoms with van der Waals surface area (Å²) in [6, 6.07) is 10.6. The van der Waals surface area contributed by atoms with Crippen LogP contribution >= 0.6 is 27.3 Å². The van der Waals surface area contributed by atoms with Crippen molar-refractivity contribution < 1.29 is 4.79 Å². The molecule has 0 spiro atoms. The van der Waals surface area contributed by atoms with Gasteiger partial charge in [-0.25, -0.2) is 9.67 Å². The number of aryl methyl sites for hydroxylation is 1. The number of rotatable bonds is 4. The minimum absolute atomic E-state index is 0.167. The van der Waals surface area contributed by atoms with Gasteiger partial charge in [0.25, 0.3) is 5.56 Å². The smallest absolute Gasteiger partial charge is 0.267 e. The van der Waals surface area contributed by atoms with Crippen molar-refractivity contribution in [2.45, 2.75) is 13.5 Å². The van der Waals surface area contributed by atoms with Crippen LogP contribution in [0.2, 0.25) is 0 Å². The van der Waals surface area contributed by atoms with E-state index in [1.165, 1.54) is 17.4 Å². The lowest BCUT2D eigenvalue weighted by atomic mass is 10.1. The second-order valence-electron chi connectivity index (χ2n) is 5.07. The third-order valence-corrected chi connectivity index (χ3v) is 4.51. The maximum atomic E-state index is 12.1. The number of nitrogens with one attached hydrogen (secondary N) is 1. The molecule has 1 aromatic carbocycles. The average Bonchev–Trinajstić information content (AvgIpc) is 2.94. The Kier molecular flexibility index (Phi) is 4.86. The molecule has 24 heavy (non-hydrogen) atoms. The van der Waals surface area contributed by atoms with E-state index in [-0.39, 0.29) is 18.0 Å². The van der Waals surface area contributed by atoms with Crippen molar-refractivity contribution in [1.29, 1.82) is 0 Å². The Balaban J connectivity index is 1.81. The summed E-state index contributed by atoms with van der Waals surface area (Å²) in [5, 5.41) is 9.29. The van der Waals surface area contributed by atoms with Crippen molar-refractivity contribution in [3.8, 4) is 11.3 Å². The van der Waals surface area contributed by atoms with Gasteiger partial charge < -0.3 is 5.32 Å². The molecule has 8 heteroatoms. The highest BCUT2D eigenvalue weighted by molar-refractivity contribution is 9.10. The Labute approximate surface area is 150 Å². The zero-order valence-electron chi connectivity index (χ0n) is 12.7. The molecule has 0 unspecified atom stereocenters. The summed E-state index contributed by atoms with van der Waals surface area (Å²) in [6.07, 6.45) is 0. The van der Waals surface area contributed by atoms with Crippen LogP contribution in [0.25, 0.3) is 11.3 Å². The van der Waals surface area contributed by atoms with Gasteiger partial charge in [-0.05, 0) is 25.1 Å². The Bertz CT molecular complexity index is 951. The molecule has 0 saturated heterocycles. The molecule has 3 aromatic rings. The van der Waals surface area contributed by atoms with E-state index in [0.717, 1.165) is 20.4 Å². The molecule has 0 aliphatic rings. The van der Waals surface area contributed by atoms with E-state index < -0.39 is 0 Å². The number of halogens is 1. The molecule has 3 rings (SSSR count). The van der Waals surface area contributed by atoms with Gasteiger partial charge in [-0.15, -0.1) is 11.3 Å². The highest BCUT2D eigenvalue weighted by Crippen LogP contribution is 2.20. The largest absolute Gasteiger partial charge is 0.300 e. The fourth-order valence-corrected chi connectivity index (χ4v) is 3.17. The predicted molar refractivity (Wildman–Crippen MR) is 97.1 cm³/mol. The van der Waals surface area contributed by atoms with Gasteiger partial charge in [0, 0.05) is 21.5 Å². The van der Waals surface area contributed by atoms with Crippen molar-refractivity contribution in [1.82, 2.24) is 14.8 Å². The molecule has 2 aromatic heterocycles. The molecular formula is C16H13BrN4O2S. The minimum Gasteiger partial charge on any atom is -0.300 e. The molecule has 1 amide bonds. The number of carbonyl (C=O) groups excluding carboxylic acids is 1. The van der Waals surface area contributed by atoms with Gasteiger partial charge in [-0.3, -0.25) is 9.59 Å². The van der Waals surface area contributed by atoms with Crippen LogP contribution in [-0.2, 0) is 11.3 Å². The van der Waals surface area contributed by atoms with Gasteiger partial charge in [0.05, 0.1) is 11.4 Å². The van der Waals surface area contributed by atoms with Crippen molar-refractivity contribution in [3.05, 3.63) is 62.3 Å². The zero-order valence-corrected chi connectivity index (χ0v) is 15.1. The van der Waals surface area contributed by atoms with Crippen molar-refractivity contribution >= 4 is 38.3 Å². The van der Waals surface area contributed by atoms with E-state index in [2.05, 4.69) is 31.3 Å². The van der Waals surface area contributed by atoms with Crippen LogP contribution in [0.15, 0.2) is 51.0 Å². The third kappa shape index (κ3) is 3.95. The Morgan fingerprint density at radius 3 is 2.88 bits per heavy atom. The lowest BCUT2D eigenvalue weighted by molar-refractivity contribution is -0.117. The van der Waals surface area contributed by atoms with Gasteiger partial charge >= 0.3 is 0 Å². The molecular weight excluding hydrogens is 392 g/mol. The first-order valence-electron chi connectivity index (χ1n) is 7.07. The number of aromatic nitrogens is 3. The van der Waals surface area contributed by atoms with Crippen molar-refractivity contribution in [3.63, 3.8) is 0 Å². The highest BCUT2D eigenvalue weighted by atomic mass is 79.9. The van der Waals surface area contributed by atoms with Crippen molar-refractivity contribution in [2.75, 3.05) is 5.32 Å². The summed E-state index contributed by atoms with van der Waals surface area (Å²) in [5.41, 5.74) is 1.98. The van der Waals surface area contributed by atoms with Crippen LogP contribution in [0.4, 0.5) is 5.13 Å². The van der Waals surface area contributed by atoms with Crippen molar-refractivity contribution in [2.24, 2.45) is 0 Å². The van der Waals surface area contributed by atoms with E-state index in [0.29, 0.717) is 10.8 Å². The molecule has 6 nitrogen and oxygen atoms in total. The summed E-state index contributed by atoms with van der Waals surface area (Å²) < 4.78 is 2.06. The van der Waals surface area contributed by atoms with Gasteiger partial charge in [-0.2, -0.15) is 5.10 Å². The average molecular weight is 405 g/mol. The number of hydrogen-bond acceptors (Lipinski definition) is 5. The van der Waals surface area contributed by atoms with E-state index in [9.17, 15) is 9.59 Å². The maximum Gasteiger partial charge on any atom is 0.267 e. The number of benzene rings is 1. The molecule has 0 aliphatic heterocycles. The normalized spacial score (nSPS) is 10.6. The van der Waals surface area contributed by atoms with Gasteiger partial charge in [0.2, 0.25) is 5.91 Å². The minimum atomic E-state index is -0.342. The second kappa shape index (κ2) is 7.06. The number of anilines is 1. The first-order chi connectivity index (χ1) is 11.5. The first-order valence-corrected chi connectivity index (χ1v) is 8.74. The standard InChI is InChI=1S/C16H13BrN4O2S/c1-10-9-24-16(18-10)19-14(22)8-21-15(23)6-5-13(20-21)11-3-2-4-12(17)7-11/h2-7,9H,8H2,1H3,(H,18,19,22). The van der Waals surface area contributed by atoms with E-state index in [1.807, 2.05) is 36.6 Å². The second-order valence-corrected chi connectivity index (χ2v) is 6.84. The Hall–Kier alpha value is -2.32. The van der Waals surface area contributed by atoms with Crippen LogP contribution in [0.3, 0.4) is 0 Å². The van der Waals surface area contributed by atoms with Crippen LogP contribution in [0.5, 0.6) is 0 Å².